The van der Waals surface area contributed by atoms with Crippen LogP contribution < -0.4 is 17.2 Å². The van der Waals surface area contributed by atoms with Crippen molar-refractivity contribution >= 4 is 17.6 Å². The fourth-order valence-electron chi connectivity index (χ4n) is 1.39. The molecule has 5 nitrogen and oxygen atoms in total. The van der Waals surface area contributed by atoms with Crippen molar-refractivity contribution in [2.75, 3.05) is 0 Å². The lowest BCUT2D eigenvalue weighted by Gasteiger charge is -2.08. The molecule has 0 atom stereocenters. The van der Waals surface area contributed by atoms with E-state index in [-0.39, 0.29) is 11.9 Å². The van der Waals surface area contributed by atoms with Crippen LogP contribution in [0.1, 0.15) is 30.9 Å². The first-order chi connectivity index (χ1) is 7.90. The fraction of sp³-hybridized carbons (Fsp3) is 0.333. The van der Waals surface area contributed by atoms with Crippen LogP contribution in [0.15, 0.2) is 28.2 Å². The van der Waals surface area contributed by atoms with Gasteiger partial charge in [0.1, 0.15) is 0 Å². The average molecular weight is 233 g/mol. The molecule has 0 saturated heterocycles. The summed E-state index contributed by atoms with van der Waals surface area (Å²) in [6.07, 6.45) is 0. The third kappa shape index (κ3) is 3.79. The van der Waals surface area contributed by atoms with Crippen molar-refractivity contribution in [2.24, 2.45) is 27.2 Å². The summed E-state index contributed by atoms with van der Waals surface area (Å²) in [6.45, 7) is 6.21. The molecule has 92 valence electrons. The van der Waals surface area contributed by atoms with Crippen LogP contribution in [0.2, 0.25) is 0 Å². The van der Waals surface area contributed by atoms with E-state index in [1.165, 1.54) is 5.56 Å². The standard InChI is InChI=1S/C12H19N5/c1-7(2)9-5-4-8(3)10(6-9)16-12(15)17-11(13)14/h4-7H,1-3H3,(H6,13,14,15,16,17). The lowest BCUT2D eigenvalue weighted by Crippen LogP contribution is -2.26. The summed E-state index contributed by atoms with van der Waals surface area (Å²) in [5, 5.41) is 0. The fourth-order valence-corrected chi connectivity index (χ4v) is 1.39. The molecule has 0 heterocycles. The van der Waals surface area contributed by atoms with Gasteiger partial charge in [-0.05, 0) is 30.0 Å². The monoisotopic (exact) mass is 233 g/mol. The third-order valence-electron chi connectivity index (χ3n) is 2.38. The number of aliphatic imine (C=N–C) groups is 2. The Labute approximate surface area is 101 Å². The van der Waals surface area contributed by atoms with Crippen LogP contribution in [0.3, 0.4) is 0 Å². The van der Waals surface area contributed by atoms with Gasteiger partial charge in [0, 0.05) is 0 Å². The van der Waals surface area contributed by atoms with Gasteiger partial charge < -0.3 is 17.2 Å². The Kier molecular flexibility index (Phi) is 4.09. The van der Waals surface area contributed by atoms with Gasteiger partial charge in [-0.2, -0.15) is 4.99 Å². The second-order valence-electron chi connectivity index (χ2n) is 4.21. The lowest BCUT2D eigenvalue weighted by atomic mass is 10.0. The Balaban J connectivity index is 3.13. The summed E-state index contributed by atoms with van der Waals surface area (Å²) in [6, 6.07) is 6.09. The highest BCUT2D eigenvalue weighted by atomic mass is 15.1. The minimum atomic E-state index is -0.0936. The molecule has 0 saturated carbocycles. The number of nitrogens with two attached hydrogens (primary N) is 3. The third-order valence-corrected chi connectivity index (χ3v) is 2.38. The van der Waals surface area contributed by atoms with E-state index in [1.54, 1.807) is 0 Å². The molecule has 0 bridgehead atoms. The molecule has 5 heteroatoms. The zero-order chi connectivity index (χ0) is 13.0. The van der Waals surface area contributed by atoms with Crippen molar-refractivity contribution in [3.63, 3.8) is 0 Å². The molecular weight excluding hydrogens is 214 g/mol. The predicted molar refractivity (Wildman–Crippen MR) is 72.4 cm³/mol. The van der Waals surface area contributed by atoms with Crippen LogP contribution >= 0.6 is 0 Å². The second kappa shape index (κ2) is 5.34. The summed E-state index contributed by atoms with van der Waals surface area (Å²) in [5.41, 5.74) is 19.1. The molecule has 0 spiro atoms. The number of hydrogen-bond acceptors (Lipinski definition) is 1. The number of aryl methyl sites for hydroxylation is 1. The molecule has 0 aliphatic rings. The molecule has 1 rings (SSSR count). The molecule has 1 aromatic carbocycles. The molecule has 0 radical (unpaired) electrons. The molecule has 0 aromatic heterocycles. The van der Waals surface area contributed by atoms with Crippen LogP contribution in [0, 0.1) is 6.92 Å². The van der Waals surface area contributed by atoms with E-state index < -0.39 is 0 Å². The second-order valence-corrected chi connectivity index (χ2v) is 4.21. The smallest absolute Gasteiger partial charge is 0.223 e. The van der Waals surface area contributed by atoms with Crippen molar-refractivity contribution in [1.29, 1.82) is 0 Å². The highest BCUT2D eigenvalue weighted by Gasteiger charge is 2.03. The Morgan fingerprint density at radius 3 is 2.35 bits per heavy atom. The Morgan fingerprint density at radius 1 is 1.18 bits per heavy atom. The molecule has 0 unspecified atom stereocenters. The van der Waals surface area contributed by atoms with Crippen LogP contribution in [0.5, 0.6) is 0 Å². The lowest BCUT2D eigenvalue weighted by molar-refractivity contribution is 0.866. The molecule has 1 aromatic rings. The van der Waals surface area contributed by atoms with Crippen molar-refractivity contribution in [3.8, 4) is 0 Å². The first kappa shape index (κ1) is 13.0. The average Bonchev–Trinajstić information content (AvgIpc) is 2.19. The van der Waals surface area contributed by atoms with E-state index in [0.717, 1.165) is 11.3 Å². The van der Waals surface area contributed by atoms with Crippen LogP contribution in [0.4, 0.5) is 5.69 Å². The van der Waals surface area contributed by atoms with Crippen LogP contribution in [-0.2, 0) is 0 Å². The number of hydrogen-bond donors (Lipinski definition) is 3. The van der Waals surface area contributed by atoms with E-state index in [4.69, 9.17) is 17.2 Å². The number of benzene rings is 1. The Morgan fingerprint density at radius 2 is 1.82 bits per heavy atom. The van der Waals surface area contributed by atoms with Gasteiger partial charge >= 0.3 is 0 Å². The molecule has 0 aliphatic heterocycles. The van der Waals surface area contributed by atoms with Gasteiger partial charge in [-0.1, -0.05) is 26.0 Å². The zero-order valence-electron chi connectivity index (χ0n) is 10.4. The minimum Gasteiger partial charge on any atom is -0.370 e. The molecule has 6 N–H and O–H groups in total. The Bertz CT molecular complexity index is 456. The molecule has 0 aliphatic carbocycles. The highest BCUT2D eigenvalue weighted by Crippen LogP contribution is 2.24. The van der Waals surface area contributed by atoms with Crippen molar-refractivity contribution in [2.45, 2.75) is 26.7 Å². The van der Waals surface area contributed by atoms with Gasteiger partial charge in [0.2, 0.25) is 5.96 Å². The van der Waals surface area contributed by atoms with Crippen LogP contribution in [0.25, 0.3) is 0 Å². The maximum atomic E-state index is 5.60. The first-order valence-electron chi connectivity index (χ1n) is 5.44. The first-order valence-corrected chi connectivity index (χ1v) is 5.44. The minimum absolute atomic E-state index is 0.0639. The molecule has 17 heavy (non-hydrogen) atoms. The van der Waals surface area contributed by atoms with Gasteiger partial charge in [-0.3, -0.25) is 0 Å². The van der Waals surface area contributed by atoms with Crippen molar-refractivity contribution in [1.82, 2.24) is 0 Å². The van der Waals surface area contributed by atoms with E-state index in [1.807, 2.05) is 19.1 Å². The van der Waals surface area contributed by atoms with Crippen molar-refractivity contribution < 1.29 is 0 Å². The highest BCUT2D eigenvalue weighted by molar-refractivity contribution is 5.93. The summed E-state index contributed by atoms with van der Waals surface area (Å²) < 4.78 is 0. The van der Waals surface area contributed by atoms with Crippen molar-refractivity contribution in [3.05, 3.63) is 29.3 Å². The number of guanidine groups is 2. The molecule has 0 fully saturated rings. The van der Waals surface area contributed by atoms with E-state index in [0.29, 0.717) is 5.92 Å². The summed E-state index contributed by atoms with van der Waals surface area (Å²) in [5.74, 6) is 0.409. The summed E-state index contributed by atoms with van der Waals surface area (Å²) >= 11 is 0. The van der Waals surface area contributed by atoms with Crippen LogP contribution in [-0.4, -0.2) is 11.9 Å². The largest absolute Gasteiger partial charge is 0.370 e. The van der Waals surface area contributed by atoms with Gasteiger partial charge in [-0.15, -0.1) is 0 Å². The summed E-state index contributed by atoms with van der Waals surface area (Å²) in [7, 11) is 0. The van der Waals surface area contributed by atoms with E-state index in [2.05, 4.69) is 29.9 Å². The molecule has 0 amide bonds. The number of nitrogens with zero attached hydrogens (tertiary/aromatic N) is 2. The van der Waals surface area contributed by atoms with Gasteiger partial charge in [0.15, 0.2) is 5.96 Å². The topological polar surface area (TPSA) is 103 Å². The quantitative estimate of drug-likeness (QED) is 0.530. The SMILES string of the molecule is Cc1ccc(C(C)C)cc1N=C(N)N=C(N)N. The van der Waals surface area contributed by atoms with E-state index in [9.17, 15) is 0 Å². The zero-order valence-corrected chi connectivity index (χ0v) is 10.4. The van der Waals surface area contributed by atoms with Gasteiger partial charge in [-0.25, -0.2) is 4.99 Å². The maximum Gasteiger partial charge on any atom is 0.223 e. The van der Waals surface area contributed by atoms with Gasteiger partial charge in [0.05, 0.1) is 5.69 Å². The Hall–Kier alpha value is -2.04. The summed E-state index contributed by atoms with van der Waals surface area (Å²) in [4.78, 5) is 7.88. The maximum absolute atomic E-state index is 5.60. The van der Waals surface area contributed by atoms with Gasteiger partial charge in [0.25, 0.3) is 0 Å². The molecular formula is C12H19N5. The number of rotatable bonds is 2. The van der Waals surface area contributed by atoms with E-state index >= 15 is 0 Å². The predicted octanol–water partition coefficient (Wildman–Crippen LogP) is 1.34. The normalized spacial score (nSPS) is 11.6.